The first kappa shape index (κ1) is 13.6. The van der Waals surface area contributed by atoms with E-state index in [2.05, 4.69) is 28.4 Å². The quantitative estimate of drug-likeness (QED) is 0.495. The van der Waals surface area contributed by atoms with Crippen LogP contribution in [-0.4, -0.2) is 9.97 Å². The molecule has 1 aromatic heterocycles. The molecule has 0 amide bonds. The van der Waals surface area contributed by atoms with Crippen LogP contribution in [0.5, 0.6) is 5.88 Å². The summed E-state index contributed by atoms with van der Waals surface area (Å²) in [5.41, 5.74) is 8.00. The molecule has 1 aromatic carbocycles. The van der Waals surface area contributed by atoms with Crippen LogP contribution in [0.2, 0.25) is 0 Å². The number of aromatic nitrogens is 2. The summed E-state index contributed by atoms with van der Waals surface area (Å²) >= 11 is 0. The number of hydrogen-bond donors (Lipinski definition) is 2. The van der Waals surface area contributed by atoms with E-state index in [4.69, 9.17) is 10.5 Å². The number of benzene rings is 1. The Morgan fingerprint density at radius 2 is 2.05 bits per heavy atom. The molecule has 2 aromatic rings. The molecule has 0 aliphatic carbocycles. The first-order valence-corrected chi connectivity index (χ1v) is 6.04. The molecule has 5 nitrogen and oxygen atoms in total. The van der Waals surface area contributed by atoms with Crippen LogP contribution in [-0.2, 0) is 0 Å². The van der Waals surface area contributed by atoms with Gasteiger partial charge in [0, 0.05) is 23.1 Å². The Kier molecular flexibility index (Phi) is 4.00. The second-order valence-corrected chi connectivity index (χ2v) is 4.20. The number of ether oxygens (including phenoxy) is 1. The third-order valence-electron chi connectivity index (χ3n) is 2.55. The van der Waals surface area contributed by atoms with Crippen molar-refractivity contribution in [1.82, 2.24) is 9.97 Å². The maximum atomic E-state index is 5.64. The molecule has 0 radical (unpaired) electrons. The molecule has 0 aliphatic rings. The van der Waals surface area contributed by atoms with Gasteiger partial charge in [0.2, 0.25) is 11.8 Å². The molecule has 20 heavy (non-hydrogen) atoms. The van der Waals surface area contributed by atoms with Crippen LogP contribution < -0.4 is 15.8 Å². The van der Waals surface area contributed by atoms with Crippen LogP contribution >= 0.6 is 0 Å². The molecule has 0 unspecified atom stereocenters. The van der Waals surface area contributed by atoms with Crippen molar-refractivity contribution in [2.24, 2.45) is 0 Å². The number of nitrogen functional groups attached to an aromatic ring is 1. The summed E-state index contributed by atoms with van der Waals surface area (Å²) in [5, 5.41) is 3.08. The first-order valence-electron chi connectivity index (χ1n) is 6.04. The van der Waals surface area contributed by atoms with Crippen LogP contribution in [0.4, 0.5) is 17.3 Å². The van der Waals surface area contributed by atoms with Gasteiger partial charge in [-0.1, -0.05) is 13.2 Å². The van der Waals surface area contributed by atoms with E-state index in [9.17, 15) is 0 Å². The van der Waals surface area contributed by atoms with Crippen molar-refractivity contribution in [1.29, 1.82) is 0 Å². The van der Waals surface area contributed by atoms with E-state index in [1.54, 1.807) is 18.3 Å². The molecule has 0 spiro atoms. The van der Waals surface area contributed by atoms with Gasteiger partial charge in [-0.3, -0.25) is 0 Å². The third-order valence-corrected chi connectivity index (χ3v) is 2.55. The maximum absolute atomic E-state index is 5.64. The molecule has 102 valence electrons. The molecule has 5 heteroatoms. The lowest BCUT2D eigenvalue weighted by Gasteiger charge is -2.10. The molecule has 1 heterocycles. The minimum atomic E-state index is 0.435. The number of nitrogens with one attached hydrogen (secondary N) is 1. The van der Waals surface area contributed by atoms with Crippen LogP contribution in [0.15, 0.2) is 55.5 Å². The van der Waals surface area contributed by atoms with Crippen molar-refractivity contribution >= 4 is 17.3 Å². The summed E-state index contributed by atoms with van der Waals surface area (Å²) in [4.78, 5) is 8.49. The summed E-state index contributed by atoms with van der Waals surface area (Å²) in [7, 11) is 0. The second-order valence-electron chi connectivity index (χ2n) is 4.20. The van der Waals surface area contributed by atoms with E-state index in [0.717, 1.165) is 11.3 Å². The van der Waals surface area contributed by atoms with E-state index in [1.807, 2.05) is 19.1 Å². The molecule has 0 saturated heterocycles. The lowest BCUT2D eigenvalue weighted by atomic mass is 10.3. The van der Waals surface area contributed by atoms with E-state index >= 15 is 0 Å². The minimum Gasteiger partial charge on any atom is -0.439 e. The number of anilines is 3. The monoisotopic (exact) mass is 268 g/mol. The zero-order valence-electron chi connectivity index (χ0n) is 11.3. The van der Waals surface area contributed by atoms with Crippen LogP contribution in [0, 0.1) is 6.92 Å². The Bertz CT molecular complexity index is 635. The largest absolute Gasteiger partial charge is 0.439 e. The summed E-state index contributed by atoms with van der Waals surface area (Å²) < 4.78 is 5.47. The molecule has 0 fully saturated rings. The van der Waals surface area contributed by atoms with Crippen molar-refractivity contribution in [3.63, 3.8) is 0 Å². The van der Waals surface area contributed by atoms with Gasteiger partial charge in [-0.05, 0) is 37.3 Å². The van der Waals surface area contributed by atoms with Crippen molar-refractivity contribution in [2.75, 3.05) is 11.1 Å². The fourth-order valence-corrected chi connectivity index (χ4v) is 1.45. The molecule has 0 saturated carbocycles. The first-order chi connectivity index (χ1) is 9.58. The van der Waals surface area contributed by atoms with Gasteiger partial charge in [0.15, 0.2) is 0 Å². The fourth-order valence-electron chi connectivity index (χ4n) is 1.45. The van der Waals surface area contributed by atoms with Gasteiger partial charge in [-0.2, -0.15) is 4.98 Å². The van der Waals surface area contributed by atoms with Crippen LogP contribution in [0.1, 0.15) is 5.56 Å². The smallest absolute Gasteiger partial charge is 0.230 e. The van der Waals surface area contributed by atoms with Gasteiger partial charge in [-0.25, -0.2) is 4.98 Å². The lowest BCUT2D eigenvalue weighted by molar-refractivity contribution is 0.425. The highest BCUT2D eigenvalue weighted by atomic mass is 16.5. The van der Waals surface area contributed by atoms with Gasteiger partial charge in [-0.15, -0.1) is 0 Å². The van der Waals surface area contributed by atoms with Crippen molar-refractivity contribution in [2.45, 2.75) is 6.92 Å². The molecule has 2 rings (SSSR count). The lowest BCUT2D eigenvalue weighted by Crippen LogP contribution is -2.02. The molecular formula is C15H16N4O. The molecular weight excluding hydrogens is 252 g/mol. The number of allylic oxidation sites excluding steroid dienone is 1. The van der Waals surface area contributed by atoms with Gasteiger partial charge in [0.05, 0.1) is 0 Å². The SMILES string of the molecule is C=CC(=C)Oc1nc(Nc2ccc(N)cc2)ncc1C. The van der Waals surface area contributed by atoms with Crippen LogP contribution in [0.25, 0.3) is 0 Å². The summed E-state index contributed by atoms with van der Waals surface area (Å²) in [6.07, 6.45) is 3.20. The van der Waals surface area contributed by atoms with Gasteiger partial charge >= 0.3 is 0 Å². The van der Waals surface area contributed by atoms with Gasteiger partial charge in [0.1, 0.15) is 5.76 Å². The number of rotatable bonds is 5. The minimum absolute atomic E-state index is 0.435. The summed E-state index contributed by atoms with van der Waals surface area (Å²) in [6, 6.07) is 7.30. The number of hydrogen-bond acceptors (Lipinski definition) is 5. The van der Waals surface area contributed by atoms with Gasteiger partial charge < -0.3 is 15.8 Å². The Labute approximate surface area is 117 Å². The number of nitrogens with zero attached hydrogens (tertiary/aromatic N) is 2. The predicted molar refractivity (Wildman–Crippen MR) is 80.9 cm³/mol. The molecule has 0 aliphatic heterocycles. The average molecular weight is 268 g/mol. The number of aryl methyl sites for hydroxylation is 1. The van der Waals surface area contributed by atoms with E-state index in [-0.39, 0.29) is 0 Å². The number of nitrogens with two attached hydrogens (primary N) is 1. The van der Waals surface area contributed by atoms with Crippen molar-refractivity contribution in [3.05, 3.63) is 61.0 Å². The maximum Gasteiger partial charge on any atom is 0.230 e. The van der Waals surface area contributed by atoms with E-state index < -0.39 is 0 Å². The topological polar surface area (TPSA) is 73.1 Å². The van der Waals surface area contributed by atoms with Crippen molar-refractivity contribution in [3.8, 4) is 5.88 Å². The molecule has 3 N–H and O–H groups in total. The van der Waals surface area contributed by atoms with Gasteiger partial charge in [0.25, 0.3) is 0 Å². The third kappa shape index (κ3) is 3.35. The Morgan fingerprint density at radius 1 is 1.35 bits per heavy atom. The Balaban J connectivity index is 2.20. The zero-order valence-corrected chi connectivity index (χ0v) is 11.3. The standard InChI is InChI=1S/C15H16N4O/c1-4-11(3)20-14-10(2)9-17-15(19-14)18-13-7-5-12(16)6-8-13/h4-9H,1,3,16H2,2H3,(H,17,18,19). The highest BCUT2D eigenvalue weighted by molar-refractivity contribution is 5.57. The average Bonchev–Trinajstić information content (AvgIpc) is 2.45. The highest BCUT2D eigenvalue weighted by Crippen LogP contribution is 2.20. The molecule has 0 atom stereocenters. The Morgan fingerprint density at radius 3 is 2.70 bits per heavy atom. The summed E-state index contributed by atoms with van der Waals surface area (Å²) in [6.45, 7) is 9.15. The highest BCUT2D eigenvalue weighted by Gasteiger charge is 2.06. The zero-order chi connectivity index (χ0) is 14.5. The van der Waals surface area contributed by atoms with Crippen molar-refractivity contribution < 1.29 is 4.74 Å². The van der Waals surface area contributed by atoms with Crippen LogP contribution in [0.3, 0.4) is 0 Å². The van der Waals surface area contributed by atoms with E-state index in [0.29, 0.717) is 23.3 Å². The normalized spacial score (nSPS) is 9.85. The van der Waals surface area contributed by atoms with E-state index in [1.165, 1.54) is 6.08 Å². The summed E-state index contributed by atoms with van der Waals surface area (Å²) in [5.74, 6) is 1.32. The second kappa shape index (κ2) is 5.88. The fraction of sp³-hybridized carbons (Fsp3) is 0.0667. The Hall–Kier alpha value is -2.82. The molecule has 0 bridgehead atoms. The predicted octanol–water partition coefficient (Wildman–Crippen LogP) is 3.19.